The van der Waals surface area contributed by atoms with Crippen LogP contribution in [0.15, 0.2) is 0 Å². The van der Waals surface area contributed by atoms with Gasteiger partial charge in [0.2, 0.25) is 0 Å². The maximum Gasteiger partial charge on any atom is 0.120 e. The number of hydrogen-bond donors (Lipinski definition) is 1. The molecule has 0 aromatic carbocycles. The van der Waals surface area contributed by atoms with Crippen molar-refractivity contribution < 1.29 is 9.90 Å². The summed E-state index contributed by atoms with van der Waals surface area (Å²) in [6.07, 6.45) is 8.08. The van der Waals surface area contributed by atoms with Crippen molar-refractivity contribution in [3.63, 3.8) is 0 Å². The predicted octanol–water partition coefficient (Wildman–Crippen LogP) is 2.93. The monoisotopic (exact) mass is 224 g/mol. The van der Waals surface area contributed by atoms with Crippen molar-refractivity contribution in [1.82, 2.24) is 0 Å². The Morgan fingerprint density at radius 2 is 2.06 bits per heavy atom. The van der Waals surface area contributed by atoms with E-state index in [1.165, 1.54) is 6.42 Å². The van der Waals surface area contributed by atoms with Gasteiger partial charge in [-0.1, -0.05) is 26.7 Å². The van der Waals surface area contributed by atoms with Gasteiger partial charge in [0.1, 0.15) is 6.29 Å². The van der Waals surface area contributed by atoms with Gasteiger partial charge in [-0.3, -0.25) is 0 Å². The molecule has 2 rings (SSSR count). The summed E-state index contributed by atoms with van der Waals surface area (Å²) in [5, 5.41) is 10.8. The van der Waals surface area contributed by atoms with E-state index in [0.29, 0.717) is 18.3 Å². The highest BCUT2D eigenvalue weighted by molar-refractivity contribution is 5.51. The van der Waals surface area contributed by atoms with Crippen LogP contribution in [0.2, 0.25) is 0 Å². The van der Waals surface area contributed by atoms with Crippen LogP contribution in [0.25, 0.3) is 0 Å². The quantitative estimate of drug-likeness (QED) is 0.732. The molecule has 0 saturated heterocycles. The Morgan fingerprint density at radius 3 is 2.75 bits per heavy atom. The third kappa shape index (κ3) is 1.71. The summed E-state index contributed by atoms with van der Waals surface area (Å²) in [5.74, 6) is 0.892. The topological polar surface area (TPSA) is 37.3 Å². The van der Waals surface area contributed by atoms with E-state index in [1.54, 1.807) is 0 Å². The molecular weight excluding hydrogens is 200 g/mol. The highest BCUT2D eigenvalue weighted by Gasteiger charge is 2.53. The van der Waals surface area contributed by atoms with E-state index in [4.69, 9.17) is 0 Å². The second-order valence-corrected chi connectivity index (χ2v) is 6.22. The molecular formula is C14H24O2. The molecule has 4 atom stereocenters. The smallest absolute Gasteiger partial charge is 0.120 e. The van der Waals surface area contributed by atoms with Gasteiger partial charge in [0.15, 0.2) is 0 Å². The van der Waals surface area contributed by atoms with E-state index in [-0.39, 0.29) is 5.41 Å². The van der Waals surface area contributed by atoms with Gasteiger partial charge in [-0.25, -0.2) is 0 Å². The molecule has 2 fully saturated rings. The SMILES string of the molecule is C[C@H]1CC[C@]2(O)CCCC[C@H]2[C@]1(C)CC=O. The fourth-order valence-electron chi connectivity index (χ4n) is 4.13. The number of rotatable bonds is 2. The minimum Gasteiger partial charge on any atom is -0.390 e. The third-order valence-corrected chi connectivity index (χ3v) is 5.46. The number of carbonyl (C=O) groups is 1. The van der Waals surface area contributed by atoms with Crippen molar-refractivity contribution in [3.8, 4) is 0 Å². The van der Waals surface area contributed by atoms with Crippen molar-refractivity contribution in [3.05, 3.63) is 0 Å². The van der Waals surface area contributed by atoms with Gasteiger partial charge in [-0.15, -0.1) is 0 Å². The molecule has 2 saturated carbocycles. The lowest BCUT2D eigenvalue weighted by Crippen LogP contribution is -2.55. The fraction of sp³-hybridized carbons (Fsp3) is 0.929. The molecule has 2 aliphatic rings. The Hall–Kier alpha value is -0.370. The Bertz CT molecular complexity index is 276. The van der Waals surface area contributed by atoms with Crippen molar-refractivity contribution in [2.75, 3.05) is 0 Å². The van der Waals surface area contributed by atoms with Crippen LogP contribution in [0, 0.1) is 17.3 Å². The molecule has 0 aromatic rings. The molecule has 0 unspecified atom stereocenters. The summed E-state index contributed by atoms with van der Waals surface area (Å²) in [6, 6.07) is 0. The van der Waals surface area contributed by atoms with Gasteiger partial charge in [-0.2, -0.15) is 0 Å². The molecule has 92 valence electrons. The first kappa shape index (κ1) is 12.1. The Kier molecular flexibility index (Phi) is 3.13. The van der Waals surface area contributed by atoms with Gasteiger partial charge in [0.25, 0.3) is 0 Å². The first-order valence-corrected chi connectivity index (χ1v) is 6.69. The molecule has 0 bridgehead atoms. The number of aldehydes is 1. The average molecular weight is 224 g/mol. The standard InChI is InChI=1S/C14H24O2/c1-11-6-8-14(16)7-4-3-5-12(14)13(11,2)9-10-15/h10-12,16H,3-9H2,1-2H3/t11-,12-,13+,14+/m0/s1. The van der Waals surface area contributed by atoms with Gasteiger partial charge in [0.05, 0.1) is 5.60 Å². The van der Waals surface area contributed by atoms with Crippen molar-refractivity contribution in [2.45, 2.75) is 64.4 Å². The van der Waals surface area contributed by atoms with E-state index in [9.17, 15) is 9.90 Å². The number of fused-ring (bicyclic) bond motifs is 1. The Labute approximate surface area is 98.4 Å². The fourth-order valence-corrected chi connectivity index (χ4v) is 4.13. The Morgan fingerprint density at radius 1 is 1.31 bits per heavy atom. The molecule has 2 heteroatoms. The lowest BCUT2D eigenvalue weighted by Gasteiger charge is -2.56. The normalized spacial score (nSPS) is 48.4. The second-order valence-electron chi connectivity index (χ2n) is 6.22. The molecule has 0 aliphatic heterocycles. The molecule has 0 aromatic heterocycles. The Balaban J connectivity index is 2.29. The molecule has 0 radical (unpaired) electrons. The molecule has 0 spiro atoms. The number of aliphatic hydroxyl groups is 1. The zero-order valence-corrected chi connectivity index (χ0v) is 10.5. The van der Waals surface area contributed by atoms with Gasteiger partial charge >= 0.3 is 0 Å². The van der Waals surface area contributed by atoms with Crippen LogP contribution in [0.3, 0.4) is 0 Å². The van der Waals surface area contributed by atoms with Crippen LogP contribution in [0.1, 0.15) is 58.8 Å². The predicted molar refractivity (Wildman–Crippen MR) is 64.1 cm³/mol. The molecule has 2 nitrogen and oxygen atoms in total. The van der Waals surface area contributed by atoms with E-state index in [2.05, 4.69) is 13.8 Å². The summed E-state index contributed by atoms with van der Waals surface area (Å²) in [6.45, 7) is 4.46. The minimum absolute atomic E-state index is 0.0230. The van der Waals surface area contributed by atoms with Gasteiger partial charge in [-0.05, 0) is 42.9 Å². The van der Waals surface area contributed by atoms with Crippen LogP contribution in [-0.4, -0.2) is 17.0 Å². The maximum absolute atomic E-state index is 10.9. The second kappa shape index (κ2) is 4.14. The third-order valence-electron chi connectivity index (χ3n) is 5.46. The molecule has 0 amide bonds. The summed E-state index contributed by atoms with van der Waals surface area (Å²) < 4.78 is 0. The lowest BCUT2D eigenvalue weighted by molar-refractivity contribution is -0.155. The van der Waals surface area contributed by atoms with E-state index >= 15 is 0 Å². The zero-order valence-electron chi connectivity index (χ0n) is 10.5. The van der Waals surface area contributed by atoms with Crippen molar-refractivity contribution in [2.24, 2.45) is 17.3 Å². The number of carbonyl (C=O) groups excluding carboxylic acids is 1. The summed E-state index contributed by atoms with van der Waals surface area (Å²) in [7, 11) is 0. The highest BCUT2D eigenvalue weighted by atomic mass is 16.3. The van der Waals surface area contributed by atoms with Crippen LogP contribution >= 0.6 is 0 Å². The minimum atomic E-state index is -0.470. The summed E-state index contributed by atoms with van der Waals surface area (Å²) in [4.78, 5) is 10.9. The maximum atomic E-state index is 10.9. The zero-order chi connectivity index (χ0) is 11.8. The van der Waals surface area contributed by atoms with Gasteiger partial charge in [0, 0.05) is 6.42 Å². The molecule has 1 N–H and O–H groups in total. The van der Waals surface area contributed by atoms with Crippen LogP contribution in [0.4, 0.5) is 0 Å². The van der Waals surface area contributed by atoms with Crippen molar-refractivity contribution in [1.29, 1.82) is 0 Å². The summed E-state index contributed by atoms with van der Waals surface area (Å²) in [5.41, 5.74) is -0.447. The largest absolute Gasteiger partial charge is 0.390 e. The van der Waals surface area contributed by atoms with Crippen LogP contribution in [-0.2, 0) is 4.79 Å². The number of hydrogen-bond acceptors (Lipinski definition) is 2. The lowest BCUT2D eigenvalue weighted by atomic mass is 9.51. The van der Waals surface area contributed by atoms with E-state index in [0.717, 1.165) is 38.4 Å². The highest BCUT2D eigenvalue weighted by Crippen LogP contribution is 2.56. The molecule has 2 aliphatic carbocycles. The van der Waals surface area contributed by atoms with Crippen LogP contribution in [0.5, 0.6) is 0 Å². The van der Waals surface area contributed by atoms with E-state index in [1.807, 2.05) is 0 Å². The van der Waals surface area contributed by atoms with Gasteiger partial charge < -0.3 is 9.90 Å². The summed E-state index contributed by atoms with van der Waals surface area (Å²) >= 11 is 0. The molecule has 16 heavy (non-hydrogen) atoms. The van der Waals surface area contributed by atoms with Crippen molar-refractivity contribution >= 4 is 6.29 Å². The van der Waals surface area contributed by atoms with E-state index < -0.39 is 5.60 Å². The first-order chi connectivity index (χ1) is 7.53. The first-order valence-electron chi connectivity index (χ1n) is 6.69. The molecule has 0 heterocycles. The van der Waals surface area contributed by atoms with Crippen LogP contribution < -0.4 is 0 Å². The average Bonchev–Trinajstić information content (AvgIpc) is 2.25.